The van der Waals surface area contributed by atoms with E-state index < -0.39 is 0 Å². The van der Waals surface area contributed by atoms with Crippen LogP contribution in [-0.4, -0.2) is 10.2 Å². The molecule has 0 bridgehead atoms. The molecule has 0 aromatic carbocycles. The lowest BCUT2D eigenvalue weighted by Crippen LogP contribution is -2.07. The lowest BCUT2D eigenvalue weighted by molar-refractivity contribution is 0.950. The molecule has 2 N–H and O–H groups in total. The molecule has 0 radical (unpaired) electrons. The Balaban J connectivity index is 3.63. The number of rotatable bonds is 0. The number of nitrogens with one attached hydrogen (secondary N) is 2. The van der Waals surface area contributed by atoms with Gasteiger partial charge in [0.1, 0.15) is 4.51 Å². The predicted molar refractivity (Wildman–Crippen MR) is 39.5 cm³/mol. The van der Waals surface area contributed by atoms with Crippen LogP contribution in [0, 0.1) is 4.51 Å². The van der Waals surface area contributed by atoms with E-state index in [0.717, 1.165) is 0 Å². The second kappa shape index (κ2) is 2.36. The lowest BCUT2D eigenvalue weighted by atomic mass is 10.6. The Kier molecular flexibility index (Phi) is 1.73. The third-order valence-electron chi connectivity index (χ3n) is 0.833. The molecule has 0 unspecified atom stereocenters. The van der Waals surface area contributed by atoms with Crippen LogP contribution in [0.1, 0.15) is 0 Å². The van der Waals surface area contributed by atoms with E-state index in [-0.39, 0.29) is 10.1 Å². The third kappa shape index (κ3) is 1.22. The van der Waals surface area contributed by atoms with Crippen molar-refractivity contribution in [2.24, 2.45) is 0 Å². The molecule has 0 atom stereocenters. The molecule has 9 heavy (non-hydrogen) atoms. The molecular formula is C4H4N2OS2. The number of H-pyrrole nitrogens is 2. The topological polar surface area (TPSA) is 48.6 Å². The van der Waals surface area contributed by atoms with Gasteiger partial charge in [0.15, 0.2) is 0 Å². The minimum Gasteiger partial charge on any atom is -0.304 e. The van der Waals surface area contributed by atoms with E-state index in [2.05, 4.69) is 35.0 Å². The molecule has 5 heteroatoms. The summed E-state index contributed by atoms with van der Waals surface area (Å²) in [4.78, 5) is 11.1. The Morgan fingerprint density at radius 2 is 2.33 bits per heavy atom. The number of hydrogen-bond acceptors (Lipinski definition) is 3. The van der Waals surface area contributed by atoms with Crippen molar-refractivity contribution in [2.45, 2.75) is 4.90 Å². The zero-order valence-electron chi connectivity index (χ0n) is 4.34. The van der Waals surface area contributed by atoms with Crippen molar-refractivity contribution in [3.63, 3.8) is 0 Å². The fourth-order valence-electron chi connectivity index (χ4n) is 0.409. The van der Waals surface area contributed by atoms with Gasteiger partial charge >= 0.3 is 0 Å². The predicted octanol–water partition coefficient (Wildman–Crippen LogP) is 0.721. The molecule has 48 valence electrons. The summed E-state index contributed by atoms with van der Waals surface area (Å²) in [6.07, 6.45) is 1.52. The van der Waals surface area contributed by atoms with Crippen LogP contribution in [0.15, 0.2) is 15.9 Å². The Hall–Kier alpha value is -0.550. The number of thiol groups is 1. The van der Waals surface area contributed by atoms with Crippen LogP contribution in [0.5, 0.6) is 0 Å². The van der Waals surface area contributed by atoms with Gasteiger partial charge in [-0.05, 0) is 0 Å². The van der Waals surface area contributed by atoms with Gasteiger partial charge in [0, 0.05) is 11.1 Å². The highest BCUT2D eigenvalue weighted by molar-refractivity contribution is 7.81. The summed E-state index contributed by atoms with van der Waals surface area (Å²) in [5.74, 6) is 0. The van der Waals surface area contributed by atoms with Crippen LogP contribution in [0.4, 0.5) is 0 Å². The molecule has 1 heterocycles. The Bertz CT molecular complexity index is 313. The van der Waals surface area contributed by atoms with Crippen LogP contribution < -0.4 is 5.56 Å². The first-order chi connectivity index (χ1) is 4.22. The molecule has 1 aromatic rings. The van der Waals surface area contributed by atoms with E-state index in [0.29, 0.717) is 4.90 Å². The molecule has 0 fully saturated rings. The zero-order valence-corrected chi connectivity index (χ0v) is 6.05. The molecule has 3 nitrogen and oxygen atoms in total. The van der Waals surface area contributed by atoms with Crippen LogP contribution in [0.3, 0.4) is 0 Å². The molecule has 0 aliphatic heterocycles. The fraction of sp³-hybridized carbons (Fsp3) is 0. The minimum absolute atomic E-state index is 0.220. The van der Waals surface area contributed by atoms with Crippen molar-refractivity contribution in [3.05, 3.63) is 21.1 Å². The molecule has 0 aliphatic carbocycles. The first-order valence-electron chi connectivity index (χ1n) is 2.21. The summed E-state index contributed by atoms with van der Waals surface area (Å²) in [5, 5.41) is 4.80. The third-order valence-corrected chi connectivity index (χ3v) is 1.74. The quantitative estimate of drug-likeness (QED) is 0.387. The van der Waals surface area contributed by atoms with Gasteiger partial charge in [0.25, 0.3) is 5.56 Å². The van der Waals surface area contributed by atoms with Gasteiger partial charge in [-0.25, -0.2) is 0 Å². The standard InChI is InChI=1S/C4H4N2OS2/c7-4-3(9)2(8)1-5-6-4/h1H,(H,5,9)(H2,6,7,8). The summed E-state index contributed by atoms with van der Waals surface area (Å²) in [7, 11) is 0. The first-order valence-corrected chi connectivity index (χ1v) is 3.06. The highest BCUT2D eigenvalue weighted by Crippen LogP contribution is 1.98. The van der Waals surface area contributed by atoms with Gasteiger partial charge < -0.3 is 5.10 Å². The van der Waals surface area contributed by atoms with E-state index in [1.165, 1.54) is 6.20 Å². The van der Waals surface area contributed by atoms with Gasteiger partial charge in [-0.2, -0.15) is 0 Å². The maximum atomic E-state index is 10.6. The summed E-state index contributed by atoms with van der Waals surface area (Å²) in [6, 6.07) is 0. The highest BCUT2D eigenvalue weighted by Gasteiger charge is 1.89. The second-order valence-corrected chi connectivity index (χ2v) is 2.35. The molecule has 0 saturated heterocycles. The van der Waals surface area contributed by atoms with E-state index in [4.69, 9.17) is 0 Å². The average Bonchev–Trinajstić information content (AvgIpc) is 1.83. The molecule has 0 spiro atoms. The van der Waals surface area contributed by atoms with Gasteiger partial charge in [-0.1, -0.05) is 12.2 Å². The fourth-order valence-corrected chi connectivity index (χ4v) is 0.685. The van der Waals surface area contributed by atoms with Gasteiger partial charge in [-0.3, -0.25) is 9.89 Å². The lowest BCUT2D eigenvalue weighted by Gasteiger charge is -1.86. The minimum atomic E-state index is -0.308. The average molecular weight is 160 g/mol. The number of aromatic amines is 2. The van der Waals surface area contributed by atoms with E-state index in [1.807, 2.05) is 0 Å². The Labute approximate surface area is 61.5 Å². The molecule has 1 rings (SSSR count). The van der Waals surface area contributed by atoms with Crippen molar-refractivity contribution in [1.29, 1.82) is 0 Å². The second-order valence-electron chi connectivity index (χ2n) is 1.46. The highest BCUT2D eigenvalue weighted by atomic mass is 32.1. The largest absolute Gasteiger partial charge is 0.304 e. The van der Waals surface area contributed by atoms with Crippen molar-refractivity contribution in [3.8, 4) is 0 Å². The molecule has 0 saturated carbocycles. The Morgan fingerprint density at radius 1 is 1.67 bits per heavy atom. The SMILES string of the molecule is O=c1[nH][nH]cc(S)c1=S. The molecular weight excluding hydrogens is 156 g/mol. The van der Waals surface area contributed by atoms with Crippen molar-refractivity contribution in [2.75, 3.05) is 0 Å². The van der Waals surface area contributed by atoms with E-state index >= 15 is 0 Å². The molecule has 1 aromatic heterocycles. The monoisotopic (exact) mass is 160 g/mol. The van der Waals surface area contributed by atoms with Crippen LogP contribution in [0.25, 0.3) is 0 Å². The first kappa shape index (κ1) is 6.57. The van der Waals surface area contributed by atoms with Crippen molar-refractivity contribution >= 4 is 24.8 Å². The van der Waals surface area contributed by atoms with Crippen LogP contribution >= 0.6 is 24.8 Å². The van der Waals surface area contributed by atoms with Crippen LogP contribution in [-0.2, 0) is 0 Å². The smallest absolute Gasteiger partial charge is 0.281 e. The summed E-state index contributed by atoms with van der Waals surface area (Å²) in [6.45, 7) is 0. The van der Waals surface area contributed by atoms with Gasteiger partial charge in [0.2, 0.25) is 0 Å². The normalized spacial score (nSPS) is 9.44. The van der Waals surface area contributed by atoms with Crippen molar-refractivity contribution < 1.29 is 0 Å². The maximum Gasteiger partial charge on any atom is 0.281 e. The van der Waals surface area contributed by atoms with Gasteiger partial charge in [0.05, 0.1) is 0 Å². The molecule has 0 aliphatic rings. The zero-order chi connectivity index (χ0) is 6.85. The summed E-state index contributed by atoms with van der Waals surface area (Å²) < 4.78 is 0.220. The molecule has 0 amide bonds. The van der Waals surface area contributed by atoms with Crippen LogP contribution in [0.2, 0.25) is 0 Å². The summed E-state index contributed by atoms with van der Waals surface area (Å²) >= 11 is 8.57. The number of hydrogen-bond donors (Lipinski definition) is 3. The van der Waals surface area contributed by atoms with Gasteiger partial charge in [-0.15, -0.1) is 12.6 Å². The summed E-state index contributed by atoms with van der Waals surface area (Å²) in [5.41, 5.74) is -0.308. The van der Waals surface area contributed by atoms with E-state index in [1.54, 1.807) is 0 Å². The number of aromatic nitrogens is 2. The van der Waals surface area contributed by atoms with Crippen molar-refractivity contribution in [1.82, 2.24) is 10.2 Å². The van der Waals surface area contributed by atoms with E-state index in [9.17, 15) is 4.79 Å². The maximum absolute atomic E-state index is 10.6. The Morgan fingerprint density at radius 3 is 2.78 bits per heavy atom.